The number of nitrogens with zero attached hydrogens (tertiary/aromatic N) is 1. The molecule has 0 aliphatic rings. The smallest absolute Gasteiger partial charge is 0.259 e. The standard InChI is InChI=1S/C19H14ClF3N2O2S/c20-15-10-9-14(19(21,22)23)12-17(15)28(26,27)25-18(13-6-2-1-3-7-13)16-8-4-5-11-24-16/h1-12,18,25H/t18-/m1/s1. The van der Waals surface area contributed by atoms with Gasteiger partial charge in [0.25, 0.3) is 0 Å². The molecule has 0 saturated heterocycles. The van der Waals surface area contributed by atoms with Crippen LogP contribution in [-0.2, 0) is 16.2 Å². The number of halogens is 4. The largest absolute Gasteiger partial charge is 0.416 e. The molecule has 0 aliphatic heterocycles. The highest BCUT2D eigenvalue weighted by atomic mass is 35.5. The Kier molecular flexibility index (Phi) is 5.74. The number of benzene rings is 2. The van der Waals surface area contributed by atoms with Gasteiger partial charge in [-0.25, -0.2) is 8.42 Å². The van der Waals surface area contributed by atoms with Gasteiger partial charge >= 0.3 is 6.18 Å². The van der Waals surface area contributed by atoms with Crippen molar-refractivity contribution in [2.24, 2.45) is 0 Å². The van der Waals surface area contributed by atoms with Crippen molar-refractivity contribution < 1.29 is 21.6 Å². The van der Waals surface area contributed by atoms with Gasteiger partial charge in [-0.2, -0.15) is 17.9 Å². The number of hydrogen-bond donors (Lipinski definition) is 1. The maximum atomic E-state index is 13.0. The Labute approximate surface area is 165 Å². The molecule has 1 atom stereocenters. The summed E-state index contributed by atoms with van der Waals surface area (Å²) in [6.07, 6.45) is -3.20. The molecule has 1 heterocycles. The summed E-state index contributed by atoms with van der Waals surface area (Å²) in [6, 6.07) is 14.8. The van der Waals surface area contributed by atoms with Crippen LogP contribution in [0.1, 0.15) is 22.9 Å². The van der Waals surface area contributed by atoms with Crippen molar-refractivity contribution in [3.63, 3.8) is 0 Å². The fourth-order valence-corrected chi connectivity index (χ4v) is 4.32. The van der Waals surface area contributed by atoms with E-state index in [1.807, 2.05) is 0 Å². The van der Waals surface area contributed by atoms with Gasteiger partial charge in [-0.05, 0) is 35.9 Å². The van der Waals surface area contributed by atoms with E-state index < -0.39 is 32.7 Å². The molecule has 0 spiro atoms. The van der Waals surface area contributed by atoms with Crippen LogP contribution in [-0.4, -0.2) is 13.4 Å². The molecule has 146 valence electrons. The van der Waals surface area contributed by atoms with Crippen LogP contribution < -0.4 is 4.72 Å². The van der Waals surface area contributed by atoms with Crippen molar-refractivity contribution in [3.8, 4) is 0 Å². The Balaban J connectivity index is 2.06. The van der Waals surface area contributed by atoms with Gasteiger partial charge in [0.2, 0.25) is 10.0 Å². The zero-order chi connectivity index (χ0) is 20.4. The monoisotopic (exact) mass is 426 g/mol. The highest BCUT2D eigenvalue weighted by Crippen LogP contribution is 2.34. The van der Waals surface area contributed by atoms with Gasteiger partial charge in [-0.3, -0.25) is 4.98 Å². The van der Waals surface area contributed by atoms with Gasteiger partial charge in [0.05, 0.1) is 22.3 Å². The van der Waals surface area contributed by atoms with E-state index in [2.05, 4.69) is 9.71 Å². The molecule has 0 bridgehead atoms. The van der Waals surface area contributed by atoms with E-state index in [9.17, 15) is 21.6 Å². The number of nitrogens with one attached hydrogen (secondary N) is 1. The molecule has 0 unspecified atom stereocenters. The van der Waals surface area contributed by atoms with Gasteiger partial charge in [-0.15, -0.1) is 0 Å². The molecule has 0 radical (unpaired) electrons. The van der Waals surface area contributed by atoms with E-state index >= 15 is 0 Å². The summed E-state index contributed by atoms with van der Waals surface area (Å²) in [5, 5.41) is -0.312. The fourth-order valence-electron chi connectivity index (χ4n) is 2.60. The summed E-state index contributed by atoms with van der Waals surface area (Å²) >= 11 is 5.90. The molecule has 1 aromatic heterocycles. The van der Waals surface area contributed by atoms with E-state index in [1.54, 1.807) is 48.5 Å². The summed E-state index contributed by atoms with van der Waals surface area (Å²) in [5.41, 5.74) is -0.139. The van der Waals surface area contributed by atoms with Crippen molar-refractivity contribution in [1.29, 1.82) is 0 Å². The van der Waals surface area contributed by atoms with E-state index in [0.29, 0.717) is 17.3 Å². The maximum absolute atomic E-state index is 13.0. The first-order valence-electron chi connectivity index (χ1n) is 8.03. The van der Waals surface area contributed by atoms with Crippen LogP contribution in [0.3, 0.4) is 0 Å². The van der Waals surface area contributed by atoms with Crippen LogP contribution in [0.2, 0.25) is 5.02 Å². The molecule has 1 N–H and O–H groups in total. The Hall–Kier alpha value is -2.42. The van der Waals surface area contributed by atoms with Crippen LogP contribution in [0.25, 0.3) is 0 Å². The number of rotatable bonds is 5. The zero-order valence-electron chi connectivity index (χ0n) is 14.2. The van der Waals surface area contributed by atoms with Crippen molar-refractivity contribution in [1.82, 2.24) is 9.71 Å². The van der Waals surface area contributed by atoms with Crippen molar-refractivity contribution >= 4 is 21.6 Å². The number of sulfonamides is 1. The maximum Gasteiger partial charge on any atom is 0.416 e. The highest BCUT2D eigenvalue weighted by Gasteiger charge is 2.33. The third kappa shape index (κ3) is 4.52. The number of alkyl halides is 3. The SMILES string of the molecule is O=S(=O)(N[C@H](c1ccccc1)c1ccccn1)c1cc(C(F)(F)F)ccc1Cl. The molecule has 0 saturated carbocycles. The minimum Gasteiger partial charge on any atom is -0.259 e. The molecule has 3 rings (SSSR count). The minimum atomic E-state index is -4.70. The van der Waals surface area contributed by atoms with Crippen molar-refractivity contribution in [3.05, 3.63) is 94.8 Å². The Bertz CT molecular complexity index is 1020. The highest BCUT2D eigenvalue weighted by molar-refractivity contribution is 7.89. The first kappa shape index (κ1) is 20.3. The fraction of sp³-hybridized carbons (Fsp3) is 0.105. The van der Waals surface area contributed by atoms with Crippen LogP contribution in [0.5, 0.6) is 0 Å². The number of pyridine rings is 1. The third-order valence-corrected chi connectivity index (χ3v) is 5.84. The molecular weight excluding hydrogens is 413 g/mol. The Morgan fingerprint density at radius 1 is 0.964 bits per heavy atom. The molecule has 4 nitrogen and oxygen atoms in total. The van der Waals surface area contributed by atoms with Crippen LogP contribution >= 0.6 is 11.6 Å². The second-order valence-electron chi connectivity index (χ2n) is 5.86. The number of hydrogen-bond acceptors (Lipinski definition) is 3. The van der Waals surface area contributed by atoms with Crippen LogP contribution in [0.4, 0.5) is 13.2 Å². The molecule has 9 heteroatoms. The van der Waals surface area contributed by atoms with Crippen molar-refractivity contribution in [2.75, 3.05) is 0 Å². The molecule has 0 fully saturated rings. The van der Waals surface area contributed by atoms with Gasteiger partial charge in [0.15, 0.2) is 0 Å². The van der Waals surface area contributed by atoms with Crippen LogP contribution in [0, 0.1) is 0 Å². The summed E-state index contributed by atoms with van der Waals surface area (Å²) in [4.78, 5) is 3.52. The summed E-state index contributed by atoms with van der Waals surface area (Å²) in [5.74, 6) is 0. The molecule has 0 aliphatic carbocycles. The lowest BCUT2D eigenvalue weighted by atomic mass is 10.0. The van der Waals surface area contributed by atoms with E-state index in [1.165, 1.54) is 6.20 Å². The molecule has 28 heavy (non-hydrogen) atoms. The topological polar surface area (TPSA) is 59.1 Å². The molecule has 3 aromatic rings. The van der Waals surface area contributed by atoms with Crippen molar-refractivity contribution in [2.45, 2.75) is 17.1 Å². The van der Waals surface area contributed by atoms with E-state index in [-0.39, 0.29) is 5.02 Å². The van der Waals surface area contributed by atoms with Crippen LogP contribution in [0.15, 0.2) is 77.8 Å². The summed E-state index contributed by atoms with van der Waals surface area (Å²) in [7, 11) is -4.39. The lowest BCUT2D eigenvalue weighted by Crippen LogP contribution is -2.30. The quantitative estimate of drug-likeness (QED) is 0.636. The minimum absolute atomic E-state index is 0.312. The first-order chi connectivity index (χ1) is 13.2. The summed E-state index contributed by atoms with van der Waals surface area (Å²) in [6.45, 7) is 0. The molecule has 2 aromatic carbocycles. The predicted octanol–water partition coefficient (Wildman–Crippen LogP) is 4.82. The van der Waals surface area contributed by atoms with Gasteiger partial charge in [0.1, 0.15) is 4.90 Å². The van der Waals surface area contributed by atoms with E-state index in [0.717, 1.165) is 12.1 Å². The Morgan fingerprint density at radius 2 is 1.64 bits per heavy atom. The van der Waals surface area contributed by atoms with E-state index in [4.69, 9.17) is 11.6 Å². The molecular formula is C19H14ClF3N2O2S. The predicted molar refractivity (Wildman–Crippen MR) is 99.3 cm³/mol. The zero-order valence-corrected chi connectivity index (χ0v) is 15.8. The lowest BCUT2D eigenvalue weighted by molar-refractivity contribution is -0.137. The third-order valence-electron chi connectivity index (χ3n) is 3.94. The van der Waals surface area contributed by atoms with Gasteiger partial charge in [-0.1, -0.05) is 48.0 Å². The lowest BCUT2D eigenvalue weighted by Gasteiger charge is -2.20. The Morgan fingerprint density at radius 3 is 2.25 bits per heavy atom. The average Bonchev–Trinajstić information content (AvgIpc) is 2.67. The first-order valence-corrected chi connectivity index (χ1v) is 9.89. The average molecular weight is 427 g/mol. The number of aromatic nitrogens is 1. The normalized spacial score (nSPS) is 13.3. The summed E-state index contributed by atoms with van der Waals surface area (Å²) < 4.78 is 67.3. The van der Waals surface area contributed by atoms with Gasteiger partial charge < -0.3 is 0 Å². The second kappa shape index (κ2) is 7.90. The van der Waals surface area contributed by atoms with Gasteiger partial charge in [0, 0.05) is 6.20 Å². The second-order valence-corrected chi connectivity index (χ2v) is 7.95. The molecule has 0 amide bonds.